The fourth-order valence-corrected chi connectivity index (χ4v) is 5.95. The van der Waals surface area contributed by atoms with Crippen molar-refractivity contribution in [3.05, 3.63) is 163 Å². The molecule has 0 saturated carbocycles. The number of fused-ring (bicyclic) bond motifs is 7. The topological polar surface area (TPSA) is 16.4 Å². The van der Waals surface area contributed by atoms with E-state index in [1.54, 1.807) is 4.90 Å². The summed E-state index contributed by atoms with van der Waals surface area (Å²) in [7, 11) is 0. The van der Waals surface area contributed by atoms with Crippen molar-refractivity contribution in [2.24, 2.45) is 0 Å². The monoisotopic (exact) mass is 574 g/mol. The van der Waals surface area contributed by atoms with Crippen LogP contribution in [-0.4, -0.2) is 0 Å². The number of hydrogen-bond donors (Lipinski definition) is 0. The number of anilines is 3. The van der Waals surface area contributed by atoms with E-state index in [1.165, 1.54) is 0 Å². The van der Waals surface area contributed by atoms with Crippen molar-refractivity contribution in [3.63, 3.8) is 0 Å². The molecule has 0 atom stereocenters. The van der Waals surface area contributed by atoms with Crippen molar-refractivity contribution in [1.29, 1.82) is 0 Å². The van der Waals surface area contributed by atoms with Gasteiger partial charge in [0.15, 0.2) is 0 Å². The molecule has 206 valence electrons. The molecule has 2 nitrogen and oxygen atoms in total. The largest absolute Gasteiger partial charge is 0.455 e. The van der Waals surface area contributed by atoms with Gasteiger partial charge in [-0.25, -0.2) is 0 Å². The zero-order chi connectivity index (χ0) is 40.3. The van der Waals surface area contributed by atoms with Crippen LogP contribution >= 0.6 is 0 Å². The maximum atomic E-state index is 9.88. The molecule has 0 aliphatic heterocycles. The van der Waals surface area contributed by atoms with Gasteiger partial charge in [-0.2, -0.15) is 0 Å². The first-order valence-corrected chi connectivity index (χ1v) is 14.0. The minimum absolute atomic E-state index is 0.00924. The number of nitrogens with zero attached hydrogens (tertiary/aromatic N) is 1. The minimum Gasteiger partial charge on any atom is -0.455 e. The Kier molecular flexibility index (Phi) is 3.37. The fraction of sp³-hybridized carbons (Fsp3) is 0. The first kappa shape index (κ1) is 15.0. The van der Waals surface area contributed by atoms with Crippen molar-refractivity contribution in [2.45, 2.75) is 0 Å². The van der Waals surface area contributed by atoms with E-state index in [4.69, 9.17) is 19.5 Å². The van der Waals surface area contributed by atoms with Crippen molar-refractivity contribution >= 4 is 71.3 Å². The molecule has 1 aromatic heterocycles. The SMILES string of the molecule is [2H]c1c([2H])c([2H])c(-c2c([2H])c3c(oc4c([2H])c([2H])c([2H])c(N(c5ccc6ccccc6c5)c5cccc6ccccc56)c43)c3c([2H])c([2H])c([2H])c([2H])c23)c([2H])c1[2H]. The molecule has 44 heavy (non-hydrogen) atoms. The molecule has 0 unspecified atom stereocenters. The number of furan rings is 1. The maximum absolute atomic E-state index is 9.88. The molecule has 8 aromatic carbocycles. The van der Waals surface area contributed by atoms with Gasteiger partial charge in [-0.15, -0.1) is 0 Å². The van der Waals surface area contributed by atoms with Gasteiger partial charge >= 0.3 is 0 Å². The quantitative estimate of drug-likeness (QED) is 0.208. The lowest BCUT2D eigenvalue weighted by atomic mass is 9.95. The van der Waals surface area contributed by atoms with E-state index in [1.807, 2.05) is 84.9 Å². The van der Waals surface area contributed by atoms with E-state index in [-0.39, 0.29) is 44.0 Å². The van der Waals surface area contributed by atoms with Crippen LogP contribution in [-0.2, 0) is 0 Å². The summed E-state index contributed by atoms with van der Waals surface area (Å²) >= 11 is 0. The molecule has 0 aliphatic rings. The lowest BCUT2D eigenvalue weighted by Gasteiger charge is -2.28. The Balaban J connectivity index is 1.56. The van der Waals surface area contributed by atoms with Crippen LogP contribution in [0.5, 0.6) is 0 Å². The molecular formula is C42H27NO. The van der Waals surface area contributed by atoms with E-state index < -0.39 is 84.1 Å². The van der Waals surface area contributed by atoms with Gasteiger partial charge in [-0.1, -0.05) is 127 Å². The molecule has 0 saturated heterocycles. The second-order valence-electron chi connectivity index (χ2n) is 10.3. The summed E-state index contributed by atoms with van der Waals surface area (Å²) in [5.74, 6) is 0. The Hall–Kier alpha value is -5.86. The Morgan fingerprint density at radius 2 is 1.27 bits per heavy atom. The second kappa shape index (κ2) is 9.86. The second-order valence-corrected chi connectivity index (χ2v) is 10.3. The van der Waals surface area contributed by atoms with E-state index in [0.29, 0.717) is 11.4 Å². The van der Waals surface area contributed by atoms with Gasteiger partial charge in [0.1, 0.15) is 11.2 Å². The maximum Gasteiger partial charge on any atom is 0.143 e. The lowest BCUT2D eigenvalue weighted by Crippen LogP contribution is -2.11. The number of rotatable bonds is 4. The molecule has 0 spiro atoms. The summed E-state index contributed by atoms with van der Waals surface area (Å²) in [4.78, 5) is 1.75. The van der Waals surface area contributed by atoms with Gasteiger partial charge in [0.05, 0.1) is 34.6 Å². The Labute approximate surface area is 273 Å². The van der Waals surface area contributed by atoms with Crippen LogP contribution in [0.4, 0.5) is 17.1 Å². The molecule has 9 aromatic rings. The molecule has 0 N–H and O–H groups in total. The van der Waals surface area contributed by atoms with Crippen molar-refractivity contribution in [3.8, 4) is 11.1 Å². The van der Waals surface area contributed by atoms with Crippen LogP contribution < -0.4 is 4.90 Å². The standard InChI is InChI=1S/C42H27NO/c1-2-13-30(14-3-1)36-27-37-41-39(22-11-23-40(41)44-42(37)35-20-9-8-19-34(35)36)43(32-25-24-28-12-4-5-16-31(28)26-32)38-21-10-17-29-15-6-7-18-33(29)38/h1-27H/i1D,2D,3D,8D,9D,11D,13D,14D,19D,20D,22D,23D,27D. The Bertz CT molecular complexity index is 3220. The first-order chi connectivity index (χ1) is 27.2. The normalized spacial score (nSPS) is 15.8. The lowest BCUT2D eigenvalue weighted by molar-refractivity contribution is 0.672. The minimum atomic E-state index is -0.712. The highest BCUT2D eigenvalue weighted by molar-refractivity contribution is 6.23. The third-order valence-electron chi connectivity index (χ3n) is 7.89. The fourth-order valence-electron chi connectivity index (χ4n) is 5.95. The molecule has 0 amide bonds. The zero-order valence-electron chi connectivity index (χ0n) is 35.9. The van der Waals surface area contributed by atoms with Gasteiger partial charge in [-0.3, -0.25) is 0 Å². The summed E-state index contributed by atoms with van der Waals surface area (Å²) in [6.45, 7) is 0. The van der Waals surface area contributed by atoms with Crippen LogP contribution in [0.3, 0.4) is 0 Å². The third kappa shape index (κ3) is 3.82. The molecule has 0 fully saturated rings. The van der Waals surface area contributed by atoms with Gasteiger partial charge in [0.2, 0.25) is 0 Å². The summed E-state index contributed by atoms with van der Waals surface area (Å²) < 4.78 is 122. The molecule has 0 bridgehead atoms. The summed E-state index contributed by atoms with van der Waals surface area (Å²) in [5, 5.41) is 2.70. The Morgan fingerprint density at radius 1 is 0.523 bits per heavy atom. The summed E-state index contributed by atoms with van der Waals surface area (Å²) in [6, 6.07) is 18.6. The van der Waals surface area contributed by atoms with Crippen LogP contribution in [0.1, 0.15) is 17.8 Å². The average molecular weight is 575 g/mol. The molecule has 0 radical (unpaired) electrons. The van der Waals surface area contributed by atoms with E-state index >= 15 is 0 Å². The van der Waals surface area contributed by atoms with Crippen molar-refractivity contribution in [1.82, 2.24) is 0 Å². The van der Waals surface area contributed by atoms with Crippen molar-refractivity contribution < 1.29 is 22.2 Å². The van der Waals surface area contributed by atoms with Crippen LogP contribution in [0.2, 0.25) is 0 Å². The summed E-state index contributed by atoms with van der Waals surface area (Å²) in [6.07, 6.45) is 0. The number of hydrogen-bond acceptors (Lipinski definition) is 2. The highest BCUT2D eigenvalue weighted by Crippen LogP contribution is 2.47. The summed E-state index contributed by atoms with van der Waals surface area (Å²) in [5.41, 5.74) is -0.177. The van der Waals surface area contributed by atoms with Gasteiger partial charge in [0, 0.05) is 21.8 Å². The van der Waals surface area contributed by atoms with E-state index in [0.717, 1.165) is 21.5 Å². The molecule has 0 aliphatic carbocycles. The zero-order valence-corrected chi connectivity index (χ0v) is 22.9. The predicted molar refractivity (Wildman–Crippen MR) is 186 cm³/mol. The molecule has 1 heterocycles. The van der Waals surface area contributed by atoms with Gasteiger partial charge in [-0.05, 0) is 69.0 Å². The average Bonchev–Trinajstić information content (AvgIpc) is 3.62. The number of benzene rings is 8. The van der Waals surface area contributed by atoms with Crippen LogP contribution in [0.25, 0.3) is 65.4 Å². The Morgan fingerprint density at radius 3 is 2.16 bits per heavy atom. The van der Waals surface area contributed by atoms with Crippen molar-refractivity contribution in [2.75, 3.05) is 4.90 Å². The van der Waals surface area contributed by atoms with Crippen LogP contribution in [0, 0.1) is 0 Å². The van der Waals surface area contributed by atoms with E-state index in [9.17, 15) is 2.74 Å². The smallest absolute Gasteiger partial charge is 0.143 e. The van der Waals surface area contributed by atoms with Crippen LogP contribution in [0.15, 0.2) is 168 Å². The van der Waals surface area contributed by atoms with Gasteiger partial charge in [0.25, 0.3) is 0 Å². The molecular weight excluding hydrogens is 534 g/mol. The third-order valence-corrected chi connectivity index (χ3v) is 7.89. The van der Waals surface area contributed by atoms with Gasteiger partial charge < -0.3 is 9.32 Å². The predicted octanol–water partition coefficient (Wildman–Crippen LogP) is 12.2. The molecule has 2 heteroatoms. The van der Waals surface area contributed by atoms with E-state index in [2.05, 4.69) is 0 Å². The highest BCUT2D eigenvalue weighted by Gasteiger charge is 2.23. The first-order valence-electron chi connectivity index (χ1n) is 20.5. The highest BCUT2D eigenvalue weighted by atomic mass is 16.3. The molecule has 9 rings (SSSR count).